The predicted molar refractivity (Wildman–Crippen MR) is 99.4 cm³/mol. The number of carbonyl (C=O) groups is 1. The van der Waals surface area contributed by atoms with Crippen LogP contribution in [-0.2, 0) is 4.79 Å². The minimum Gasteiger partial charge on any atom is -0.371 e. The van der Waals surface area contributed by atoms with Crippen molar-refractivity contribution < 1.29 is 4.79 Å². The van der Waals surface area contributed by atoms with Crippen molar-refractivity contribution in [1.29, 1.82) is 0 Å². The number of carbonyl (C=O) groups excluding carboxylic acids is 1. The van der Waals surface area contributed by atoms with E-state index in [-0.39, 0.29) is 5.91 Å². The van der Waals surface area contributed by atoms with Gasteiger partial charge in [0.25, 0.3) is 0 Å². The lowest BCUT2D eigenvalue weighted by Gasteiger charge is -2.22. The first-order valence-electron chi connectivity index (χ1n) is 8.30. The van der Waals surface area contributed by atoms with Gasteiger partial charge in [-0.1, -0.05) is 36.0 Å². The summed E-state index contributed by atoms with van der Waals surface area (Å²) in [5, 5.41) is 0.898. The summed E-state index contributed by atoms with van der Waals surface area (Å²) in [6, 6.07) is 16.3. The number of para-hydroxylation sites is 1. The maximum absolute atomic E-state index is 12.3. The molecule has 0 saturated carbocycles. The van der Waals surface area contributed by atoms with Gasteiger partial charge in [-0.3, -0.25) is 4.79 Å². The van der Waals surface area contributed by atoms with Crippen molar-refractivity contribution in [2.24, 2.45) is 5.92 Å². The molecule has 1 amide bonds. The molecule has 3 rings (SSSR count). The second kappa shape index (κ2) is 8.20. The number of rotatable bonds is 6. The quantitative estimate of drug-likeness (QED) is 0.756. The fraction of sp³-hybridized carbons (Fsp3) is 0.368. The van der Waals surface area contributed by atoms with Crippen molar-refractivity contribution in [3.63, 3.8) is 0 Å². The average molecular weight is 341 g/mol. The lowest BCUT2D eigenvalue weighted by molar-refractivity contribution is -0.127. The molecule has 126 valence electrons. The van der Waals surface area contributed by atoms with E-state index in [1.165, 1.54) is 17.4 Å². The molecule has 0 aliphatic carbocycles. The standard InChI is InChI=1S/C19H23N3OS/c1-21(19(23)15-24-18-9-5-6-11-20-18)13-16-10-12-22(14-16)17-7-3-2-4-8-17/h2-9,11,16H,10,12-15H2,1H3/t16-/m1/s1. The summed E-state index contributed by atoms with van der Waals surface area (Å²) < 4.78 is 0. The van der Waals surface area contributed by atoms with Crippen LogP contribution in [0, 0.1) is 5.92 Å². The molecule has 1 atom stereocenters. The number of hydrogen-bond acceptors (Lipinski definition) is 4. The van der Waals surface area contributed by atoms with Gasteiger partial charge in [0.2, 0.25) is 5.91 Å². The third kappa shape index (κ3) is 4.51. The Balaban J connectivity index is 1.45. The molecular formula is C19H23N3OS. The Morgan fingerprint density at radius 3 is 2.79 bits per heavy atom. The number of anilines is 1. The first kappa shape index (κ1) is 16.8. The number of hydrogen-bond donors (Lipinski definition) is 0. The molecule has 0 radical (unpaired) electrons. The third-order valence-electron chi connectivity index (χ3n) is 4.35. The summed E-state index contributed by atoms with van der Waals surface area (Å²) in [5.41, 5.74) is 1.28. The van der Waals surface area contributed by atoms with Crippen LogP contribution in [0.2, 0.25) is 0 Å². The van der Waals surface area contributed by atoms with Gasteiger partial charge in [0.15, 0.2) is 0 Å². The van der Waals surface area contributed by atoms with Crippen molar-refractivity contribution in [2.45, 2.75) is 11.4 Å². The zero-order valence-electron chi connectivity index (χ0n) is 14.0. The van der Waals surface area contributed by atoms with E-state index >= 15 is 0 Å². The zero-order chi connectivity index (χ0) is 16.8. The number of aromatic nitrogens is 1. The van der Waals surface area contributed by atoms with E-state index in [1.807, 2.05) is 36.2 Å². The number of thioether (sulfide) groups is 1. The fourth-order valence-electron chi connectivity index (χ4n) is 3.02. The van der Waals surface area contributed by atoms with E-state index < -0.39 is 0 Å². The molecule has 1 fully saturated rings. The molecule has 0 spiro atoms. The van der Waals surface area contributed by atoms with Gasteiger partial charge in [-0.05, 0) is 36.6 Å². The maximum Gasteiger partial charge on any atom is 0.232 e. The van der Waals surface area contributed by atoms with Crippen LogP contribution in [-0.4, -0.2) is 48.2 Å². The Labute approximate surface area is 147 Å². The van der Waals surface area contributed by atoms with Gasteiger partial charge in [0.1, 0.15) is 0 Å². The molecule has 0 bridgehead atoms. The van der Waals surface area contributed by atoms with Gasteiger partial charge in [0.05, 0.1) is 10.8 Å². The number of amides is 1. The zero-order valence-corrected chi connectivity index (χ0v) is 14.8. The molecule has 24 heavy (non-hydrogen) atoms. The predicted octanol–water partition coefficient (Wildman–Crippen LogP) is 3.16. The van der Waals surface area contributed by atoms with Gasteiger partial charge >= 0.3 is 0 Å². The number of nitrogens with zero attached hydrogens (tertiary/aromatic N) is 3. The highest BCUT2D eigenvalue weighted by Gasteiger charge is 2.25. The van der Waals surface area contributed by atoms with Gasteiger partial charge in [-0.2, -0.15) is 0 Å². The monoisotopic (exact) mass is 341 g/mol. The smallest absolute Gasteiger partial charge is 0.232 e. The molecule has 1 aromatic heterocycles. The Kier molecular flexibility index (Phi) is 5.75. The minimum atomic E-state index is 0.170. The van der Waals surface area contributed by atoms with Crippen LogP contribution in [0.3, 0.4) is 0 Å². The highest BCUT2D eigenvalue weighted by atomic mass is 32.2. The Hall–Kier alpha value is -2.01. The largest absolute Gasteiger partial charge is 0.371 e. The Morgan fingerprint density at radius 1 is 1.25 bits per heavy atom. The van der Waals surface area contributed by atoms with E-state index in [2.05, 4.69) is 34.1 Å². The van der Waals surface area contributed by atoms with E-state index in [0.29, 0.717) is 11.7 Å². The first-order chi connectivity index (χ1) is 11.7. The third-order valence-corrected chi connectivity index (χ3v) is 5.27. The van der Waals surface area contributed by atoms with Crippen molar-refractivity contribution in [3.05, 3.63) is 54.7 Å². The molecule has 0 N–H and O–H groups in total. The highest BCUT2D eigenvalue weighted by Crippen LogP contribution is 2.24. The molecule has 1 saturated heterocycles. The van der Waals surface area contributed by atoms with Crippen LogP contribution in [0.15, 0.2) is 59.8 Å². The summed E-state index contributed by atoms with van der Waals surface area (Å²) in [4.78, 5) is 20.8. The summed E-state index contributed by atoms with van der Waals surface area (Å²) in [6.07, 6.45) is 2.90. The van der Waals surface area contributed by atoms with Crippen LogP contribution in [0.25, 0.3) is 0 Å². The summed E-state index contributed by atoms with van der Waals surface area (Å²) in [5.74, 6) is 1.16. The van der Waals surface area contributed by atoms with Crippen LogP contribution >= 0.6 is 11.8 Å². The summed E-state index contributed by atoms with van der Waals surface area (Å²) >= 11 is 1.50. The molecule has 5 heteroatoms. The van der Waals surface area contributed by atoms with Crippen molar-refractivity contribution in [2.75, 3.05) is 37.3 Å². The van der Waals surface area contributed by atoms with Gasteiger partial charge < -0.3 is 9.80 Å². The lowest BCUT2D eigenvalue weighted by Crippen LogP contribution is -2.34. The molecule has 4 nitrogen and oxygen atoms in total. The van der Waals surface area contributed by atoms with E-state index in [9.17, 15) is 4.79 Å². The second-order valence-electron chi connectivity index (χ2n) is 6.17. The summed E-state index contributed by atoms with van der Waals surface area (Å²) in [7, 11) is 1.91. The lowest BCUT2D eigenvalue weighted by atomic mass is 10.1. The average Bonchev–Trinajstić information content (AvgIpc) is 3.10. The SMILES string of the molecule is CN(C[C@H]1CCN(c2ccccc2)C1)C(=O)CSc1ccccn1. The first-order valence-corrected chi connectivity index (χ1v) is 9.29. The molecule has 1 aliphatic heterocycles. The van der Waals surface area contributed by atoms with Gasteiger partial charge in [0, 0.05) is 38.6 Å². The van der Waals surface area contributed by atoms with E-state index in [1.54, 1.807) is 6.20 Å². The van der Waals surface area contributed by atoms with Crippen LogP contribution in [0.4, 0.5) is 5.69 Å². The molecule has 0 unspecified atom stereocenters. The van der Waals surface area contributed by atoms with E-state index in [0.717, 1.165) is 31.1 Å². The minimum absolute atomic E-state index is 0.170. The molecule has 1 aromatic carbocycles. The van der Waals surface area contributed by atoms with Crippen molar-refractivity contribution in [1.82, 2.24) is 9.88 Å². The van der Waals surface area contributed by atoms with Crippen LogP contribution < -0.4 is 4.90 Å². The number of pyridine rings is 1. The molecule has 1 aliphatic rings. The Morgan fingerprint density at radius 2 is 2.04 bits per heavy atom. The summed E-state index contributed by atoms with van der Waals surface area (Å²) in [6.45, 7) is 2.92. The van der Waals surface area contributed by atoms with Gasteiger partial charge in [-0.25, -0.2) is 4.98 Å². The Bertz CT molecular complexity index is 650. The van der Waals surface area contributed by atoms with Crippen molar-refractivity contribution >= 4 is 23.4 Å². The fourth-order valence-corrected chi connectivity index (χ4v) is 3.82. The van der Waals surface area contributed by atoms with Crippen LogP contribution in [0.1, 0.15) is 6.42 Å². The molecule has 2 heterocycles. The van der Waals surface area contributed by atoms with E-state index in [4.69, 9.17) is 0 Å². The highest BCUT2D eigenvalue weighted by molar-refractivity contribution is 7.99. The number of benzene rings is 1. The van der Waals surface area contributed by atoms with Crippen LogP contribution in [0.5, 0.6) is 0 Å². The van der Waals surface area contributed by atoms with Gasteiger partial charge in [-0.15, -0.1) is 0 Å². The topological polar surface area (TPSA) is 36.4 Å². The normalized spacial score (nSPS) is 17.0. The maximum atomic E-state index is 12.3. The second-order valence-corrected chi connectivity index (χ2v) is 7.16. The molecular weight excluding hydrogens is 318 g/mol. The van der Waals surface area contributed by atoms with Crippen molar-refractivity contribution in [3.8, 4) is 0 Å². The molecule has 2 aromatic rings.